The molecule has 0 aromatic carbocycles. The van der Waals surface area contributed by atoms with E-state index in [2.05, 4.69) is 16.4 Å². The second kappa shape index (κ2) is 6.79. The molecule has 6 heteroatoms. The van der Waals surface area contributed by atoms with Crippen LogP contribution in [0.4, 0.5) is 0 Å². The van der Waals surface area contributed by atoms with Gasteiger partial charge in [-0.05, 0) is 18.4 Å². The maximum Gasteiger partial charge on any atom is 0.246 e. The van der Waals surface area contributed by atoms with Crippen LogP contribution in [0.3, 0.4) is 0 Å². The van der Waals surface area contributed by atoms with E-state index in [1.807, 2.05) is 23.8 Å². The lowest BCUT2D eigenvalue weighted by Gasteiger charge is -2.15. The van der Waals surface area contributed by atoms with E-state index in [9.17, 15) is 4.79 Å². The molecule has 2 aromatic rings. The van der Waals surface area contributed by atoms with Crippen molar-refractivity contribution in [2.75, 3.05) is 13.7 Å². The van der Waals surface area contributed by atoms with Gasteiger partial charge in [-0.2, -0.15) is 0 Å². The monoisotopic (exact) mass is 296 g/mol. The number of rotatable bonds is 6. The van der Waals surface area contributed by atoms with Crippen LogP contribution in [0.2, 0.25) is 0 Å². The van der Waals surface area contributed by atoms with Gasteiger partial charge in [-0.25, -0.2) is 4.98 Å². The molecule has 2 rings (SSSR count). The highest BCUT2D eigenvalue weighted by Gasteiger charge is 2.18. The molecular weight excluding hydrogens is 280 g/mol. The van der Waals surface area contributed by atoms with Gasteiger partial charge in [-0.3, -0.25) is 4.79 Å². The molecule has 0 fully saturated rings. The Balaban J connectivity index is 2.10. The van der Waals surface area contributed by atoms with Gasteiger partial charge in [-0.15, -0.1) is 22.7 Å². The maximum absolute atomic E-state index is 11.7. The summed E-state index contributed by atoms with van der Waals surface area (Å²) in [6.07, 6.45) is 0.764. The second-order valence-electron chi connectivity index (χ2n) is 4.16. The first-order valence-corrected chi connectivity index (χ1v) is 7.67. The Kier molecular flexibility index (Phi) is 5.07. The first-order valence-electron chi connectivity index (χ1n) is 5.91. The van der Waals surface area contributed by atoms with Crippen LogP contribution in [-0.2, 0) is 16.0 Å². The van der Waals surface area contributed by atoms with Gasteiger partial charge in [0.05, 0.1) is 6.04 Å². The van der Waals surface area contributed by atoms with E-state index >= 15 is 0 Å². The molecule has 0 bridgehead atoms. The maximum atomic E-state index is 11.7. The number of methoxy groups -OCH3 is 1. The zero-order chi connectivity index (χ0) is 13.7. The number of aryl methyl sites for hydroxylation is 1. The highest BCUT2D eigenvalue weighted by molar-refractivity contribution is 7.10. The fraction of sp³-hybridized carbons (Fsp3) is 0.385. The number of hydrogen-bond acceptors (Lipinski definition) is 5. The smallest absolute Gasteiger partial charge is 0.246 e. The van der Waals surface area contributed by atoms with Crippen LogP contribution in [0.5, 0.6) is 0 Å². The lowest BCUT2D eigenvalue weighted by molar-refractivity contribution is -0.125. The van der Waals surface area contributed by atoms with Crippen molar-refractivity contribution < 1.29 is 9.53 Å². The van der Waals surface area contributed by atoms with Gasteiger partial charge in [-0.1, -0.05) is 6.07 Å². The van der Waals surface area contributed by atoms with E-state index in [4.69, 9.17) is 4.74 Å². The SMILES string of the molecule is COCC(=O)N[C@H](Cc1cccs1)c1nc(C)cs1. The number of carbonyl (C=O) groups is 1. The summed E-state index contributed by atoms with van der Waals surface area (Å²) in [5.74, 6) is -0.114. The molecule has 0 saturated heterocycles. The number of aromatic nitrogens is 1. The summed E-state index contributed by atoms with van der Waals surface area (Å²) in [5.41, 5.74) is 0.983. The molecule has 2 aromatic heterocycles. The molecule has 0 unspecified atom stereocenters. The van der Waals surface area contributed by atoms with E-state index in [-0.39, 0.29) is 18.6 Å². The molecule has 19 heavy (non-hydrogen) atoms. The molecule has 0 aliphatic rings. The number of carbonyl (C=O) groups excluding carboxylic acids is 1. The highest BCUT2D eigenvalue weighted by atomic mass is 32.1. The number of thiazole rings is 1. The van der Waals surface area contributed by atoms with Crippen molar-refractivity contribution in [1.82, 2.24) is 10.3 Å². The standard InChI is InChI=1S/C13H16N2O2S2/c1-9-8-19-13(14-9)11(15-12(16)7-17-2)6-10-4-3-5-18-10/h3-5,8,11H,6-7H2,1-2H3,(H,15,16)/t11-/m1/s1. The van der Waals surface area contributed by atoms with Crippen molar-refractivity contribution in [3.8, 4) is 0 Å². The molecule has 0 saturated carbocycles. The second-order valence-corrected chi connectivity index (χ2v) is 6.09. The topological polar surface area (TPSA) is 51.2 Å². The Morgan fingerprint density at radius 3 is 2.95 bits per heavy atom. The third-order valence-electron chi connectivity index (χ3n) is 2.53. The van der Waals surface area contributed by atoms with Crippen molar-refractivity contribution in [3.63, 3.8) is 0 Å². The molecule has 1 N–H and O–H groups in total. The predicted octanol–water partition coefficient (Wildman–Crippen LogP) is 2.56. The van der Waals surface area contributed by atoms with Crippen molar-refractivity contribution in [1.29, 1.82) is 0 Å². The van der Waals surface area contributed by atoms with Crippen LogP contribution < -0.4 is 5.32 Å². The lowest BCUT2D eigenvalue weighted by atomic mass is 10.2. The van der Waals surface area contributed by atoms with E-state index in [1.165, 1.54) is 12.0 Å². The summed E-state index contributed by atoms with van der Waals surface area (Å²) in [7, 11) is 1.52. The molecule has 2 heterocycles. The summed E-state index contributed by atoms with van der Waals surface area (Å²) in [5, 5.41) is 7.95. The van der Waals surface area contributed by atoms with Gasteiger partial charge < -0.3 is 10.1 Å². The minimum Gasteiger partial charge on any atom is -0.375 e. The summed E-state index contributed by atoms with van der Waals surface area (Å²) >= 11 is 3.27. The lowest BCUT2D eigenvalue weighted by Crippen LogP contribution is -2.32. The molecule has 4 nitrogen and oxygen atoms in total. The Bertz CT molecular complexity index is 522. The van der Waals surface area contributed by atoms with Crippen LogP contribution in [-0.4, -0.2) is 24.6 Å². The highest BCUT2D eigenvalue weighted by Crippen LogP contribution is 2.24. The molecule has 0 aliphatic heterocycles. The Hall–Kier alpha value is -1.24. The van der Waals surface area contributed by atoms with Gasteiger partial charge in [0.25, 0.3) is 0 Å². The zero-order valence-electron chi connectivity index (χ0n) is 10.9. The van der Waals surface area contributed by atoms with Crippen LogP contribution in [0.25, 0.3) is 0 Å². The Morgan fingerprint density at radius 2 is 2.37 bits per heavy atom. The number of thiophene rings is 1. The van der Waals surface area contributed by atoms with Gasteiger partial charge in [0, 0.05) is 29.5 Å². The minimum atomic E-state index is -0.114. The van der Waals surface area contributed by atoms with Crippen molar-refractivity contribution >= 4 is 28.6 Å². The first-order chi connectivity index (χ1) is 9.19. The normalized spacial score (nSPS) is 12.3. The molecule has 102 valence electrons. The van der Waals surface area contributed by atoms with Crippen LogP contribution in [0, 0.1) is 6.92 Å². The van der Waals surface area contributed by atoms with Crippen LogP contribution >= 0.6 is 22.7 Å². The number of nitrogens with zero attached hydrogens (tertiary/aromatic N) is 1. The van der Waals surface area contributed by atoms with Gasteiger partial charge >= 0.3 is 0 Å². The minimum absolute atomic E-state index is 0.0747. The Labute approximate surface area is 120 Å². The molecular formula is C13H16N2O2S2. The number of nitrogens with one attached hydrogen (secondary N) is 1. The largest absolute Gasteiger partial charge is 0.375 e. The van der Waals surface area contributed by atoms with E-state index in [1.54, 1.807) is 22.7 Å². The van der Waals surface area contributed by atoms with Gasteiger partial charge in [0.15, 0.2) is 0 Å². The van der Waals surface area contributed by atoms with Crippen molar-refractivity contribution in [2.24, 2.45) is 0 Å². The molecule has 0 radical (unpaired) electrons. The molecule has 0 aliphatic carbocycles. The molecule has 1 amide bonds. The van der Waals surface area contributed by atoms with Crippen molar-refractivity contribution in [3.05, 3.63) is 38.5 Å². The molecule has 0 spiro atoms. The fourth-order valence-electron chi connectivity index (χ4n) is 1.73. The first kappa shape index (κ1) is 14.2. The van der Waals surface area contributed by atoms with E-state index in [0.717, 1.165) is 17.1 Å². The average molecular weight is 296 g/mol. The summed E-state index contributed by atoms with van der Waals surface area (Å²) < 4.78 is 4.85. The number of hydrogen-bond donors (Lipinski definition) is 1. The predicted molar refractivity (Wildman–Crippen MR) is 77.6 cm³/mol. The van der Waals surface area contributed by atoms with Gasteiger partial charge in [0.1, 0.15) is 11.6 Å². The summed E-state index contributed by atoms with van der Waals surface area (Å²) in [6.45, 7) is 2.03. The average Bonchev–Trinajstić information content (AvgIpc) is 3.00. The third-order valence-corrected chi connectivity index (χ3v) is 4.51. The zero-order valence-corrected chi connectivity index (χ0v) is 12.5. The van der Waals surface area contributed by atoms with Crippen molar-refractivity contribution in [2.45, 2.75) is 19.4 Å². The summed E-state index contributed by atoms with van der Waals surface area (Å²) in [4.78, 5) is 17.4. The van der Waals surface area contributed by atoms with Crippen LogP contribution in [0.1, 0.15) is 21.6 Å². The fourth-order valence-corrected chi connectivity index (χ4v) is 3.33. The van der Waals surface area contributed by atoms with E-state index < -0.39 is 0 Å². The number of amides is 1. The summed E-state index contributed by atoms with van der Waals surface area (Å²) in [6, 6.07) is 4.00. The van der Waals surface area contributed by atoms with E-state index in [0.29, 0.717) is 0 Å². The third kappa shape index (κ3) is 4.12. The molecule has 1 atom stereocenters. The van der Waals surface area contributed by atoms with Gasteiger partial charge in [0.2, 0.25) is 5.91 Å². The Morgan fingerprint density at radius 1 is 1.53 bits per heavy atom. The van der Waals surface area contributed by atoms with Crippen LogP contribution in [0.15, 0.2) is 22.9 Å². The quantitative estimate of drug-likeness (QED) is 0.891. The number of ether oxygens (including phenoxy) is 1.